The number of fused-ring (bicyclic) bond motifs is 1. The van der Waals surface area contributed by atoms with Crippen LogP contribution in [-0.2, 0) is 16.0 Å². The molecule has 0 saturated carbocycles. The molecule has 34 heavy (non-hydrogen) atoms. The van der Waals surface area contributed by atoms with Gasteiger partial charge in [-0.2, -0.15) is 0 Å². The Morgan fingerprint density at radius 1 is 1.38 bits per heavy atom. The Bertz CT molecular complexity index is 952. The largest absolute Gasteiger partial charge is 0.491 e. The van der Waals surface area contributed by atoms with Crippen LogP contribution in [0.15, 0.2) is 48.4 Å². The van der Waals surface area contributed by atoms with Crippen LogP contribution in [0.4, 0.5) is 0 Å². The average molecular weight is 487 g/mol. The predicted molar refractivity (Wildman–Crippen MR) is 137 cm³/mol. The monoisotopic (exact) mass is 486 g/mol. The zero-order valence-corrected chi connectivity index (χ0v) is 21.6. The van der Waals surface area contributed by atoms with E-state index in [9.17, 15) is 9.90 Å². The van der Waals surface area contributed by atoms with Crippen molar-refractivity contribution in [3.05, 3.63) is 64.4 Å². The summed E-state index contributed by atoms with van der Waals surface area (Å²) in [6.45, 7) is 14.1. The first kappa shape index (κ1) is 26.4. The molecule has 0 saturated heterocycles. The molecule has 186 valence electrons. The fourth-order valence-corrected chi connectivity index (χ4v) is 5.05. The molecule has 2 heterocycles. The number of aliphatic hydroxyl groups is 1. The normalized spacial score (nSPS) is 16.9. The SMILES string of the molecule is C=CCN(CC(=O)N1CCc2sccc2[C@H]1COc1cccc(C)c1)C[C@H](O)COC(C)(C)C. The van der Waals surface area contributed by atoms with Crippen LogP contribution in [0.3, 0.4) is 0 Å². The van der Waals surface area contributed by atoms with Crippen molar-refractivity contribution >= 4 is 17.2 Å². The van der Waals surface area contributed by atoms with Crippen LogP contribution < -0.4 is 4.74 Å². The highest BCUT2D eigenvalue weighted by molar-refractivity contribution is 7.10. The van der Waals surface area contributed by atoms with Gasteiger partial charge < -0.3 is 19.5 Å². The lowest BCUT2D eigenvalue weighted by Crippen LogP contribution is -2.48. The van der Waals surface area contributed by atoms with Gasteiger partial charge in [0.1, 0.15) is 12.4 Å². The van der Waals surface area contributed by atoms with Crippen molar-refractivity contribution in [3.63, 3.8) is 0 Å². The van der Waals surface area contributed by atoms with Crippen molar-refractivity contribution in [1.82, 2.24) is 9.80 Å². The summed E-state index contributed by atoms with van der Waals surface area (Å²) in [4.78, 5) is 18.6. The van der Waals surface area contributed by atoms with Gasteiger partial charge >= 0.3 is 0 Å². The van der Waals surface area contributed by atoms with Crippen molar-refractivity contribution in [2.45, 2.75) is 51.9 Å². The predicted octanol–water partition coefficient (Wildman–Crippen LogP) is 4.23. The number of carbonyl (C=O) groups is 1. The number of carbonyl (C=O) groups excluding carboxylic acids is 1. The van der Waals surface area contributed by atoms with E-state index in [4.69, 9.17) is 9.47 Å². The summed E-state index contributed by atoms with van der Waals surface area (Å²) in [5, 5.41) is 12.6. The van der Waals surface area contributed by atoms with Crippen LogP contribution in [0.25, 0.3) is 0 Å². The maximum absolute atomic E-state index is 13.5. The van der Waals surface area contributed by atoms with Crippen LogP contribution in [-0.4, -0.2) is 71.9 Å². The van der Waals surface area contributed by atoms with Gasteiger partial charge in [0.2, 0.25) is 5.91 Å². The van der Waals surface area contributed by atoms with Gasteiger partial charge in [0.05, 0.1) is 30.9 Å². The van der Waals surface area contributed by atoms with Crippen LogP contribution in [0.2, 0.25) is 0 Å². The first-order valence-electron chi connectivity index (χ1n) is 11.9. The highest BCUT2D eigenvalue weighted by atomic mass is 32.1. The summed E-state index contributed by atoms with van der Waals surface area (Å²) in [7, 11) is 0. The lowest BCUT2D eigenvalue weighted by Gasteiger charge is -2.37. The molecule has 0 bridgehead atoms. The van der Waals surface area contributed by atoms with E-state index in [0.717, 1.165) is 17.7 Å². The second kappa shape index (κ2) is 12.0. The third-order valence-corrected chi connectivity index (χ3v) is 6.73. The minimum atomic E-state index is -0.683. The van der Waals surface area contributed by atoms with Gasteiger partial charge in [-0.15, -0.1) is 17.9 Å². The van der Waals surface area contributed by atoms with E-state index in [1.165, 1.54) is 10.4 Å². The Morgan fingerprint density at radius 3 is 2.88 bits per heavy atom. The molecule has 0 fully saturated rings. The number of aryl methyl sites for hydroxylation is 1. The topological polar surface area (TPSA) is 62.2 Å². The molecule has 7 heteroatoms. The second-order valence-corrected chi connectivity index (χ2v) is 10.8. The number of benzene rings is 1. The molecule has 0 spiro atoms. The van der Waals surface area contributed by atoms with E-state index in [1.807, 2.05) is 61.8 Å². The molecule has 2 atom stereocenters. The van der Waals surface area contributed by atoms with Crippen LogP contribution in [0.5, 0.6) is 5.75 Å². The average Bonchev–Trinajstić information content (AvgIpc) is 3.25. The molecule has 0 aliphatic carbocycles. The molecule has 1 aromatic heterocycles. The van der Waals surface area contributed by atoms with Gasteiger partial charge in [-0.1, -0.05) is 18.2 Å². The number of hydrogen-bond acceptors (Lipinski definition) is 6. The minimum Gasteiger partial charge on any atom is -0.491 e. The van der Waals surface area contributed by atoms with Crippen molar-refractivity contribution in [2.24, 2.45) is 0 Å². The fraction of sp³-hybridized carbons (Fsp3) is 0.519. The molecule has 1 aliphatic heterocycles. The number of rotatable bonds is 11. The maximum atomic E-state index is 13.5. The van der Waals surface area contributed by atoms with E-state index in [-0.39, 0.29) is 30.7 Å². The number of aliphatic hydroxyl groups excluding tert-OH is 1. The summed E-state index contributed by atoms with van der Waals surface area (Å²) in [6, 6.07) is 9.95. The standard InChI is InChI=1S/C27H38N2O4S/c1-6-12-28(16-21(30)18-33-27(3,4)5)17-26(31)29-13-10-25-23(11-14-34-25)24(29)19-32-22-9-7-8-20(2)15-22/h6-9,11,14-15,21,24,30H,1,10,12-13,16-19H2,2-5H3/t21-,24+/m0/s1. The van der Waals surface area contributed by atoms with E-state index in [2.05, 4.69) is 18.0 Å². The molecular formula is C27H38N2O4S. The molecule has 1 amide bonds. The first-order valence-corrected chi connectivity index (χ1v) is 12.7. The Hall–Kier alpha value is -2.19. The van der Waals surface area contributed by atoms with E-state index < -0.39 is 6.10 Å². The number of ether oxygens (including phenoxy) is 2. The Labute approximate surface area is 207 Å². The van der Waals surface area contributed by atoms with E-state index >= 15 is 0 Å². The van der Waals surface area contributed by atoms with Crippen molar-refractivity contribution in [3.8, 4) is 5.75 Å². The quantitative estimate of drug-likeness (QED) is 0.482. The smallest absolute Gasteiger partial charge is 0.237 e. The summed E-state index contributed by atoms with van der Waals surface area (Å²) >= 11 is 1.74. The summed E-state index contributed by atoms with van der Waals surface area (Å²) in [5.74, 6) is 0.838. The van der Waals surface area contributed by atoms with Gasteiger partial charge in [-0.25, -0.2) is 0 Å². The highest BCUT2D eigenvalue weighted by Crippen LogP contribution is 2.34. The summed E-state index contributed by atoms with van der Waals surface area (Å²) in [6.07, 6.45) is 1.93. The van der Waals surface area contributed by atoms with Crippen molar-refractivity contribution in [2.75, 3.05) is 39.4 Å². The lowest BCUT2D eigenvalue weighted by atomic mass is 10.0. The third kappa shape index (κ3) is 7.67. The van der Waals surface area contributed by atoms with Crippen molar-refractivity contribution in [1.29, 1.82) is 0 Å². The van der Waals surface area contributed by atoms with E-state index in [1.54, 1.807) is 17.4 Å². The molecule has 1 aromatic carbocycles. The molecule has 3 rings (SSSR count). The van der Waals surface area contributed by atoms with Crippen molar-refractivity contribution < 1.29 is 19.4 Å². The highest BCUT2D eigenvalue weighted by Gasteiger charge is 2.33. The molecule has 6 nitrogen and oxygen atoms in total. The zero-order valence-electron chi connectivity index (χ0n) is 20.8. The van der Waals surface area contributed by atoms with Crippen LogP contribution >= 0.6 is 11.3 Å². The summed E-state index contributed by atoms with van der Waals surface area (Å²) in [5.41, 5.74) is 1.99. The molecule has 1 aliphatic rings. The Balaban J connectivity index is 1.67. The Morgan fingerprint density at radius 2 is 2.18 bits per heavy atom. The number of thiophene rings is 1. The van der Waals surface area contributed by atoms with Crippen LogP contribution in [0, 0.1) is 6.92 Å². The Kier molecular flexibility index (Phi) is 9.31. The molecular weight excluding hydrogens is 448 g/mol. The zero-order chi connectivity index (χ0) is 24.7. The number of nitrogens with zero attached hydrogens (tertiary/aromatic N) is 2. The number of hydrogen-bond donors (Lipinski definition) is 1. The minimum absolute atomic E-state index is 0.0282. The molecule has 1 N–H and O–H groups in total. The second-order valence-electron chi connectivity index (χ2n) is 9.84. The van der Waals surface area contributed by atoms with Gasteiger partial charge in [0.15, 0.2) is 0 Å². The van der Waals surface area contributed by atoms with Gasteiger partial charge in [-0.05, 0) is 68.8 Å². The molecule has 2 aromatic rings. The maximum Gasteiger partial charge on any atom is 0.237 e. The van der Waals surface area contributed by atoms with Crippen LogP contribution in [0.1, 0.15) is 42.8 Å². The molecule has 0 radical (unpaired) electrons. The van der Waals surface area contributed by atoms with E-state index in [0.29, 0.717) is 26.2 Å². The first-order chi connectivity index (χ1) is 16.2. The summed E-state index contributed by atoms with van der Waals surface area (Å²) < 4.78 is 11.8. The lowest BCUT2D eigenvalue weighted by molar-refractivity contribution is -0.136. The fourth-order valence-electron chi connectivity index (χ4n) is 4.12. The van der Waals surface area contributed by atoms with Gasteiger partial charge in [0, 0.05) is 24.5 Å². The molecule has 0 unspecified atom stereocenters. The van der Waals surface area contributed by atoms with Gasteiger partial charge in [0.25, 0.3) is 0 Å². The number of amides is 1. The third-order valence-electron chi connectivity index (χ3n) is 5.74. The van der Waals surface area contributed by atoms with Gasteiger partial charge in [-0.3, -0.25) is 9.69 Å².